The summed E-state index contributed by atoms with van der Waals surface area (Å²) in [5.41, 5.74) is 0. The van der Waals surface area contributed by atoms with Crippen LogP contribution in [0, 0.1) is 0 Å². The van der Waals surface area contributed by atoms with Crippen LogP contribution < -0.4 is 10.6 Å². The fourth-order valence-corrected chi connectivity index (χ4v) is 2.13. The number of aromatic nitrogens is 1. The molecule has 0 aliphatic rings. The van der Waals surface area contributed by atoms with E-state index in [0.717, 1.165) is 19.5 Å². The van der Waals surface area contributed by atoms with Crippen LogP contribution in [0.1, 0.15) is 39.5 Å². The van der Waals surface area contributed by atoms with Crippen LogP contribution in [-0.4, -0.2) is 18.1 Å². The smallest absolute Gasteiger partial charge is 0.147 e. The Balaban J connectivity index is 2.56. The van der Waals surface area contributed by atoms with Crippen molar-refractivity contribution in [1.82, 2.24) is 4.98 Å². The Morgan fingerprint density at radius 2 is 1.67 bits per heavy atom. The van der Waals surface area contributed by atoms with Crippen LogP contribution in [0.2, 0.25) is 10.0 Å². The van der Waals surface area contributed by atoms with E-state index in [1.807, 2.05) is 6.92 Å². The predicted octanol–water partition coefficient (Wildman–Crippen LogP) is 4.81. The van der Waals surface area contributed by atoms with E-state index >= 15 is 0 Å². The third kappa shape index (κ3) is 4.91. The molecule has 2 N–H and O–H groups in total. The lowest BCUT2D eigenvalue weighted by atomic mass is 10.2. The molecule has 1 rings (SSSR count). The van der Waals surface area contributed by atoms with Gasteiger partial charge >= 0.3 is 0 Å². The van der Waals surface area contributed by atoms with Crippen molar-refractivity contribution in [2.24, 2.45) is 0 Å². The summed E-state index contributed by atoms with van der Waals surface area (Å²) < 4.78 is 0. The highest BCUT2D eigenvalue weighted by Gasteiger charge is 2.08. The number of nitrogens with zero attached hydrogens (tertiary/aromatic N) is 1. The fourth-order valence-electron chi connectivity index (χ4n) is 1.64. The first-order chi connectivity index (χ1) is 8.69. The molecule has 0 amide bonds. The highest BCUT2D eigenvalue weighted by atomic mass is 35.5. The van der Waals surface area contributed by atoms with E-state index in [9.17, 15) is 0 Å². The molecule has 18 heavy (non-hydrogen) atoms. The third-order valence-corrected chi connectivity index (χ3v) is 3.17. The van der Waals surface area contributed by atoms with Gasteiger partial charge in [0.05, 0.1) is 10.0 Å². The first-order valence-electron chi connectivity index (χ1n) is 6.52. The van der Waals surface area contributed by atoms with Crippen molar-refractivity contribution in [2.45, 2.75) is 39.5 Å². The Bertz CT molecular complexity index is 369. The number of pyridine rings is 1. The van der Waals surface area contributed by atoms with Crippen LogP contribution in [0.25, 0.3) is 0 Å². The van der Waals surface area contributed by atoms with Crippen molar-refractivity contribution in [2.75, 3.05) is 23.7 Å². The lowest BCUT2D eigenvalue weighted by Gasteiger charge is -2.11. The fraction of sp³-hybridized carbons (Fsp3) is 0.615. The van der Waals surface area contributed by atoms with Gasteiger partial charge in [-0.2, -0.15) is 0 Å². The van der Waals surface area contributed by atoms with E-state index in [2.05, 4.69) is 22.5 Å². The Labute approximate surface area is 119 Å². The molecular weight excluding hydrogens is 269 g/mol. The molecule has 0 saturated carbocycles. The summed E-state index contributed by atoms with van der Waals surface area (Å²) in [7, 11) is 0. The summed E-state index contributed by atoms with van der Waals surface area (Å²) in [6.07, 6.45) is 4.87. The molecule has 0 fully saturated rings. The highest BCUT2D eigenvalue weighted by Crippen LogP contribution is 2.29. The van der Waals surface area contributed by atoms with E-state index in [4.69, 9.17) is 23.2 Å². The molecule has 0 aliphatic carbocycles. The molecule has 0 saturated heterocycles. The molecule has 0 aromatic carbocycles. The Morgan fingerprint density at radius 1 is 1.00 bits per heavy atom. The largest absolute Gasteiger partial charge is 0.369 e. The van der Waals surface area contributed by atoms with Crippen LogP contribution in [0.4, 0.5) is 11.6 Å². The van der Waals surface area contributed by atoms with Gasteiger partial charge < -0.3 is 10.6 Å². The second-order valence-electron chi connectivity index (χ2n) is 4.17. The SMILES string of the molecule is CCCCCCNc1nc(NCC)c(Cl)cc1Cl. The molecule has 5 heteroatoms. The normalized spacial score (nSPS) is 10.4. The molecule has 3 nitrogen and oxygen atoms in total. The lowest BCUT2D eigenvalue weighted by Crippen LogP contribution is -2.07. The van der Waals surface area contributed by atoms with Gasteiger partial charge in [-0.15, -0.1) is 0 Å². The van der Waals surface area contributed by atoms with E-state index in [1.165, 1.54) is 19.3 Å². The molecule has 0 aliphatic heterocycles. The molecule has 0 atom stereocenters. The van der Waals surface area contributed by atoms with Gasteiger partial charge in [0.2, 0.25) is 0 Å². The van der Waals surface area contributed by atoms with Gasteiger partial charge in [-0.3, -0.25) is 0 Å². The molecule has 0 spiro atoms. The number of rotatable bonds is 8. The van der Waals surface area contributed by atoms with Gasteiger partial charge in [0.25, 0.3) is 0 Å². The van der Waals surface area contributed by atoms with Gasteiger partial charge in [0.1, 0.15) is 11.6 Å². The van der Waals surface area contributed by atoms with Gasteiger partial charge in [-0.05, 0) is 19.4 Å². The monoisotopic (exact) mass is 289 g/mol. The Hall–Kier alpha value is -0.670. The molecule has 0 bridgehead atoms. The maximum Gasteiger partial charge on any atom is 0.147 e. The minimum atomic E-state index is 0.554. The minimum absolute atomic E-state index is 0.554. The quantitative estimate of drug-likeness (QED) is 0.674. The lowest BCUT2D eigenvalue weighted by molar-refractivity contribution is 0.684. The van der Waals surface area contributed by atoms with Crippen LogP contribution in [-0.2, 0) is 0 Å². The van der Waals surface area contributed by atoms with Crippen molar-refractivity contribution in [3.05, 3.63) is 16.1 Å². The molecular formula is C13H21Cl2N3. The summed E-state index contributed by atoms with van der Waals surface area (Å²) >= 11 is 12.2. The standard InChI is InChI=1S/C13H21Cl2N3/c1-3-5-6-7-8-17-13-11(15)9-10(14)12(18-13)16-4-2/h9H,3-8H2,1-2H3,(H2,16,17,18). The molecule has 0 radical (unpaired) electrons. The molecule has 0 unspecified atom stereocenters. The number of hydrogen-bond donors (Lipinski definition) is 2. The number of nitrogens with one attached hydrogen (secondary N) is 2. The zero-order chi connectivity index (χ0) is 13.4. The van der Waals surface area contributed by atoms with Crippen molar-refractivity contribution >= 4 is 34.8 Å². The van der Waals surface area contributed by atoms with Crippen molar-refractivity contribution < 1.29 is 0 Å². The maximum atomic E-state index is 6.10. The second-order valence-corrected chi connectivity index (χ2v) is 4.98. The molecule has 1 aromatic heterocycles. The highest BCUT2D eigenvalue weighted by molar-refractivity contribution is 6.37. The van der Waals surface area contributed by atoms with Crippen LogP contribution >= 0.6 is 23.2 Å². The Morgan fingerprint density at radius 3 is 2.28 bits per heavy atom. The topological polar surface area (TPSA) is 37.0 Å². The first-order valence-corrected chi connectivity index (χ1v) is 7.28. The molecule has 1 aromatic rings. The minimum Gasteiger partial charge on any atom is -0.369 e. The summed E-state index contributed by atoms with van der Waals surface area (Å²) in [4.78, 5) is 4.39. The molecule has 102 valence electrons. The van der Waals surface area contributed by atoms with Crippen LogP contribution in [0.5, 0.6) is 0 Å². The predicted molar refractivity (Wildman–Crippen MR) is 81.1 cm³/mol. The number of hydrogen-bond acceptors (Lipinski definition) is 3. The van der Waals surface area contributed by atoms with Crippen molar-refractivity contribution in [3.8, 4) is 0 Å². The maximum absolute atomic E-state index is 6.10. The average Bonchev–Trinajstić information content (AvgIpc) is 2.34. The summed E-state index contributed by atoms with van der Waals surface area (Å²) in [5, 5.41) is 7.49. The Kier molecular flexibility index (Phi) is 7.21. The van der Waals surface area contributed by atoms with E-state index < -0.39 is 0 Å². The summed E-state index contributed by atoms with van der Waals surface area (Å²) in [5.74, 6) is 1.38. The zero-order valence-electron chi connectivity index (χ0n) is 11.0. The number of unbranched alkanes of at least 4 members (excludes halogenated alkanes) is 3. The van der Waals surface area contributed by atoms with Gasteiger partial charge in [0, 0.05) is 13.1 Å². The first kappa shape index (κ1) is 15.4. The van der Waals surface area contributed by atoms with E-state index in [-0.39, 0.29) is 0 Å². The van der Waals surface area contributed by atoms with E-state index in [0.29, 0.717) is 21.7 Å². The summed E-state index contributed by atoms with van der Waals surface area (Å²) in [6.45, 7) is 5.88. The summed E-state index contributed by atoms with van der Waals surface area (Å²) in [6, 6.07) is 1.72. The molecule has 1 heterocycles. The van der Waals surface area contributed by atoms with Crippen molar-refractivity contribution in [3.63, 3.8) is 0 Å². The van der Waals surface area contributed by atoms with Gasteiger partial charge in [-0.25, -0.2) is 4.98 Å². The van der Waals surface area contributed by atoms with Crippen molar-refractivity contribution in [1.29, 1.82) is 0 Å². The van der Waals surface area contributed by atoms with E-state index in [1.54, 1.807) is 6.07 Å². The second kappa shape index (κ2) is 8.44. The average molecular weight is 290 g/mol. The zero-order valence-corrected chi connectivity index (χ0v) is 12.5. The van der Waals surface area contributed by atoms with Crippen LogP contribution in [0.3, 0.4) is 0 Å². The third-order valence-electron chi connectivity index (χ3n) is 2.60. The number of halogens is 2. The van der Waals surface area contributed by atoms with Gasteiger partial charge in [-0.1, -0.05) is 49.4 Å². The van der Waals surface area contributed by atoms with Crippen LogP contribution in [0.15, 0.2) is 6.07 Å². The van der Waals surface area contributed by atoms with Gasteiger partial charge in [0.15, 0.2) is 0 Å². The number of anilines is 2.